The molecule has 1 aromatic carbocycles. The minimum Gasteiger partial charge on any atom is -0.327 e. The maximum absolute atomic E-state index is 6.37. The van der Waals surface area contributed by atoms with Gasteiger partial charge in [0.1, 0.15) is 0 Å². The van der Waals surface area contributed by atoms with Crippen LogP contribution in [0.5, 0.6) is 0 Å². The van der Waals surface area contributed by atoms with Crippen molar-refractivity contribution in [2.45, 2.75) is 57.9 Å². The minimum absolute atomic E-state index is 0.427. The predicted octanol–water partition coefficient (Wildman–Crippen LogP) is 4.16. The number of nitrogens with two attached hydrogens (primary N) is 1. The largest absolute Gasteiger partial charge is 0.327 e. The Labute approximate surface area is 112 Å². The van der Waals surface area contributed by atoms with Crippen LogP contribution in [0.4, 0.5) is 0 Å². The van der Waals surface area contributed by atoms with E-state index in [0.717, 1.165) is 11.8 Å². The maximum Gasteiger partial charge on any atom is 0.00673 e. The van der Waals surface area contributed by atoms with Crippen LogP contribution in [0.15, 0.2) is 30.3 Å². The van der Waals surface area contributed by atoms with E-state index in [9.17, 15) is 0 Å². The molecule has 3 unspecified atom stereocenters. The van der Waals surface area contributed by atoms with Crippen LogP contribution in [0.3, 0.4) is 0 Å². The topological polar surface area (TPSA) is 26.0 Å². The van der Waals surface area contributed by atoms with Gasteiger partial charge in [0.05, 0.1) is 0 Å². The summed E-state index contributed by atoms with van der Waals surface area (Å²) in [6.45, 7) is 2.38. The molecule has 1 heteroatoms. The average Bonchev–Trinajstić information content (AvgIpc) is 2.40. The predicted molar refractivity (Wildman–Crippen MR) is 78.5 cm³/mol. The quantitative estimate of drug-likeness (QED) is 0.828. The summed E-state index contributed by atoms with van der Waals surface area (Å²) in [5.74, 6) is 1.67. The van der Waals surface area contributed by atoms with E-state index in [4.69, 9.17) is 5.73 Å². The van der Waals surface area contributed by atoms with E-state index in [1.807, 2.05) is 0 Å². The summed E-state index contributed by atoms with van der Waals surface area (Å²) in [6.07, 6.45) is 9.11. The SMILES string of the molecule is CC1CCCC(C(N)CCCc2ccccc2)C1. The lowest BCUT2D eigenvalue weighted by molar-refractivity contribution is 0.238. The van der Waals surface area contributed by atoms with Crippen molar-refractivity contribution in [3.63, 3.8) is 0 Å². The molecule has 18 heavy (non-hydrogen) atoms. The second-order valence-corrected chi connectivity index (χ2v) is 6.07. The molecule has 0 aromatic heterocycles. The smallest absolute Gasteiger partial charge is 0.00673 e. The van der Waals surface area contributed by atoms with Crippen molar-refractivity contribution in [1.82, 2.24) is 0 Å². The normalized spacial score (nSPS) is 25.9. The molecule has 0 saturated heterocycles. The summed E-state index contributed by atoms with van der Waals surface area (Å²) in [7, 11) is 0. The molecule has 0 bridgehead atoms. The molecule has 1 fully saturated rings. The monoisotopic (exact) mass is 245 g/mol. The van der Waals surface area contributed by atoms with E-state index in [1.165, 1.54) is 50.5 Å². The fraction of sp³-hybridized carbons (Fsp3) is 0.647. The van der Waals surface area contributed by atoms with Crippen LogP contribution in [-0.4, -0.2) is 6.04 Å². The van der Waals surface area contributed by atoms with E-state index in [0.29, 0.717) is 6.04 Å². The van der Waals surface area contributed by atoms with Gasteiger partial charge in [0.2, 0.25) is 0 Å². The Hall–Kier alpha value is -0.820. The van der Waals surface area contributed by atoms with Gasteiger partial charge in [-0.2, -0.15) is 0 Å². The van der Waals surface area contributed by atoms with Crippen LogP contribution >= 0.6 is 0 Å². The van der Waals surface area contributed by atoms with Crippen LogP contribution in [0.2, 0.25) is 0 Å². The van der Waals surface area contributed by atoms with Gasteiger partial charge in [0.15, 0.2) is 0 Å². The molecule has 1 nitrogen and oxygen atoms in total. The van der Waals surface area contributed by atoms with Crippen LogP contribution in [0.25, 0.3) is 0 Å². The summed E-state index contributed by atoms with van der Waals surface area (Å²) in [6, 6.07) is 11.2. The number of aryl methyl sites for hydroxylation is 1. The van der Waals surface area contributed by atoms with Gasteiger partial charge in [-0.25, -0.2) is 0 Å². The first-order valence-corrected chi connectivity index (χ1v) is 7.55. The minimum atomic E-state index is 0.427. The van der Waals surface area contributed by atoms with Gasteiger partial charge >= 0.3 is 0 Å². The van der Waals surface area contributed by atoms with E-state index >= 15 is 0 Å². The van der Waals surface area contributed by atoms with Gasteiger partial charge in [-0.15, -0.1) is 0 Å². The third kappa shape index (κ3) is 4.13. The molecule has 1 aliphatic carbocycles. The molecule has 100 valence electrons. The molecular weight excluding hydrogens is 218 g/mol. The van der Waals surface area contributed by atoms with Crippen LogP contribution < -0.4 is 5.73 Å². The highest BCUT2D eigenvalue weighted by molar-refractivity contribution is 5.14. The summed E-state index contributed by atoms with van der Waals surface area (Å²) < 4.78 is 0. The van der Waals surface area contributed by atoms with Crippen molar-refractivity contribution in [2.75, 3.05) is 0 Å². The zero-order valence-electron chi connectivity index (χ0n) is 11.6. The maximum atomic E-state index is 6.37. The lowest BCUT2D eigenvalue weighted by atomic mass is 9.77. The van der Waals surface area contributed by atoms with Gasteiger partial charge in [-0.3, -0.25) is 0 Å². The molecule has 1 aliphatic rings. The third-order valence-corrected chi connectivity index (χ3v) is 4.43. The first-order valence-electron chi connectivity index (χ1n) is 7.55. The molecule has 1 saturated carbocycles. The third-order valence-electron chi connectivity index (χ3n) is 4.43. The molecule has 0 aliphatic heterocycles. The van der Waals surface area contributed by atoms with Crippen molar-refractivity contribution in [1.29, 1.82) is 0 Å². The van der Waals surface area contributed by atoms with E-state index in [-0.39, 0.29) is 0 Å². The van der Waals surface area contributed by atoms with Crippen LogP contribution in [-0.2, 0) is 6.42 Å². The van der Waals surface area contributed by atoms with Crippen LogP contribution in [0, 0.1) is 11.8 Å². The van der Waals surface area contributed by atoms with Gasteiger partial charge in [-0.05, 0) is 49.5 Å². The number of rotatable bonds is 5. The number of benzene rings is 1. The molecule has 0 radical (unpaired) electrons. The summed E-state index contributed by atoms with van der Waals surface area (Å²) in [4.78, 5) is 0. The van der Waals surface area contributed by atoms with Gasteiger partial charge < -0.3 is 5.73 Å². The molecule has 1 aromatic rings. The fourth-order valence-electron chi connectivity index (χ4n) is 3.29. The van der Waals surface area contributed by atoms with Crippen molar-refractivity contribution in [2.24, 2.45) is 17.6 Å². The van der Waals surface area contributed by atoms with E-state index < -0.39 is 0 Å². The summed E-state index contributed by atoms with van der Waals surface area (Å²) in [5, 5.41) is 0. The zero-order valence-corrected chi connectivity index (χ0v) is 11.6. The highest BCUT2D eigenvalue weighted by atomic mass is 14.6. The number of hydrogen-bond acceptors (Lipinski definition) is 1. The fourth-order valence-corrected chi connectivity index (χ4v) is 3.29. The van der Waals surface area contributed by atoms with E-state index in [2.05, 4.69) is 37.3 Å². The zero-order chi connectivity index (χ0) is 12.8. The lowest BCUT2D eigenvalue weighted by Gasteiger charge is -2.31. The molecule has 2 N–H and O–H groups in total. The lowest BCUT2D eigenvalue weighted by Crippen LogP contribution is -2.33. The van der Waals surface area contributed by atoms with Crippen molar-refractivity contribution >= 4 is 0 Å². The molecule has 0 amide bonds. The second kappa shape index (κ2) is 6.94. The Kier molecular flexibility index (Phi) is 5.25. The molecule has 2 rings (SSSR count). The van der Waals surface area contributed by atoms with Gasteiger partial charge in [0.25, 0.3) is 0 Å². The molecular formula is C17H27N. The first-order chi connectivity index (χ1) is 8.75. The Bertz CT molecular complexity index is 333. The molecule has 0 heterocycles. The Morgan fingerprint density at radius 3 is 2.72 bits per heavy atom. The Balaban J connectivity index is 1.70. The Morgan fingerprint density at radius 1 is 1.22 bits per heavy atom. The molecule has 0 spiro atoms. The molecule has 3 atom stereocenters. The van der Waals surface area contributed by atoms with Gasteiger partial charge in [0, 0.05) is 6.04 Å². The van der Waals surface area contributed by atoms with Crippen molar-refractivity contribution in [3.8, 4) is 0 Å². The summed E-state index contributed by atoms with van der Waals surface area (Å²) >= 11 is 0. The van der Waals surface area contributed by atoms with Gasteiger partial charge in [-0.1, -0.05) is 50.1 Å². The second-order valence-electron chi connectivity index (χ2n) is 6.07. The highest BCUT2D eigenvalue weighted by Gasteiger charge is 2.23. The van der Waals surface area contributed by atoms with Crippen molar-refractivity contribution < 1.29 is 0 Å². The number of hydrogen-bond donors (Lipinski definition) is 1. The Morgan fingerprint density at radius 2 is 2.00 bits per heavy atom. The van der Waals surface area contributed by atoms with Crippen LogP contribution in [0.1, 0.15) is 51.0 Å². The first kappa shape index (κ1) is 13.6. The average molecular weight is 245 g/mol. The highest BCUT2D eigenvalue weighted by Crippen LogP contribution is 2.31. The standard InChI is InChI=1S/C17H27N/c1-14-7-5-11-16(13-14)17(18)12-6-10-15-8-3-2-4-9-15/h2-4,8-9,14,16-17H,5-7,10-13,18H2,1H3. The van der Waals surface area contributed by atoms with E-state index in [1.54, 1.807) is 0 Å². The van der Waals surface area contributed by atoms with Crippen molar-refractivity contribution in [3.05, 3.63) is 35.9 Å². The summed E-state index contributed by atoms with van der Waals surface area (Å²) in [5.41, 5.74) is 7.82.